The maximum Gasteiger partial charge on any atom is 0.252 e. The third-order valence-electron chi connectivity index (χ3n) is 4.24. The third kappa shape index (κ3) is 4.17. The minimum absolute atomic E-state index is 0.220. The topological polar surface area (TPSA) is 69.2 Å². The molecular weight excluding hydrogens is 294 g/mol. The number of nitrogens with zero attached hydrogens (tertiary/aromatic N) is 5. The molecule has 23 heavy (non-hydrogen) atoms. The number of aromatic nitrogens is 4. The Morgan fingerprint density at radius 1 is 1.43 bits per heavy atom. The van der Waals surface area contributed by atoms with Gasteiger partial charge in [-0.25, -0.2) is 0 Å². The van der Waals surface area contributed by atoms with Gasteiger partial charge in [0.1, 0.15) is 6.61 Å². The van der Waals surface area contributed by atoms with E-state index in [9.17, 15) is 0 Å². The van der Waals surface area contributed by atoms with E-state index >= 15 is 0 Å². The Labute approximate surface area is 136 Å². The van der Waals surface area contributed by atoms with Gasteiger partial charge in [0.05, 0.1) is 11.8 Å². The molecule has 7 nitrogen and oxygen atoms in total. The number of hydrogen-bond acceptors (Lipinski definition) is 6. The molecule has 1 aliphatic rings. The lowest BCUT2D eigenvalue weighted by molar-refractivity contribution is -0.0211. The second-order valence-electron chi connectivity index (χ2n) is 6.18. The van der Waals surface area contributed by atoms with Crippen LogP contribution in [0.5, 0.6) is 0 Å². The SMILES string of the molecule is CCc1noc(CO[C@H]2CCCN(Cc3cn(C)nc3C)C2)n1. The van der Waals surface area contributed by atoms with Crippen molar-refractivity contribution in [2.24, 2.45) is 7.05 Å². The summed E-state index contributed by atoms with van der Waals surface area (Å²) in [6.07, 6.45) is 5.33. The highest BCUT2D eigenvalue weighted by Crippen LogP contribution is 2.18. The van der Waals surface area contributed by atoms with E-state index in [0.717, 1.165) is 50.4 Å². The summed E-state index contributed by atoms with van der Waals surface area (Å²) in [5.41, 5.74) is 2.39. The van der Waals surface area contributed by atoms with Crippen molar-refractivity contribution in [2.75, 3.05) is 13.1 Å². The van der Waals surface area contributed by atoms with Crippen LogP contribution in [0.25, 0.3) is 0 Å². The van der Waals surface area contributed by atoms with Crippen LogP contribution in [0, 0.1) is 6.92 Å². The standard InChI is InChI=1S/C16H25N5O2/c1-4-15-17-16(23-19-15)11-22-14-6-5-7-21(10-14)9-13-8-20(3)18-12(13)2/h8,14H,4-7,9-11H2,1-3H3/t14-/m0/s1. The first kappa shape index (κ1) is 16.1. The minimum atomic E-state index is 0.220. The highest BCUT2D eigenvalue weighted by Gasteiger charge is 2.22. The fraction of sp³-hybridized carbons (Fsp3) is 0.688. The highest BCUT2D eigenvalue weighted by molar-refractivity contribution is 5.15. The molecule has 7 heteroatoms. The average molecular weight is 319 g/mol. The summed E-state index contributed by atoms with van der Waals surface area (Å²) in [6.45, 7) is 7.44. The molecule has 2 aromatic heterocycles. The molecule has 3 rings (SSSR count). The second kappa shape index (κ2) is 7.23. The van der Waals surface area contributed by atoms with Crippen molar-refractivity contribution in [1.29, 1.82) is 0 Å². The van der Waals surface area contributed by atoms with Crippen LogP contribution in [-0.2, 0) is 31.4 Å². The maximum absolute atomic E-state index is 5.97. The summed E-state index contributed by atoms with van der Waals surface area (Å²) in [5, 5.41) is 8.31. The van der Waals surface area contributed by atoms with E-state index in [0.29, 0.717) is 12.5 Å². The van der Waals surface area contributed by atoms with Gasteiger partial charge in [0.15, 0.2) is 5.82 Å². The lowest BCUT2D eigenvalue weighted by atomic mass is 10.1. The number of rotatable bonds is 6. The zero-order valence-corrected chi connectivity index (χ0v) is 14.2. The van der Waals surface area contributed by atoms with Gasteiger partial charge in [0.2, 0.25) is 0 Å². The molecule has 126 valence electrons. The molecule has 0 bridgehead atoms. The van der Waals surface area contributed by atoms with E-state index in [1.165, 1.54) is 5.56 Å². The highest BCUT2D eigenvalue weighted by atomic mass is 16.5. The van der Waals surface area contributed by atoms with E-state index in [2.05, 4.69) is 33.3 Å². The summed E-state index contributed by atoms with van der Waals surface area (Å²) in [6, 6.07) is 0. The molecule has 0 unspecified atom stereocenters. The van der Waals surface area contributed by atoms with E-state index in [1.54, 1.807) is 0 Å². The van der Waals surface area contributed by atoms with Gasteiger partial charge in [0, 0.05) is 38.3 Å². The van der Waals surface area contributed by atoms with Crippen LogP contribution in [0.15, 0.2) is 10.7 Å². The molecule has 0 spiro atoms. The van der Waals surface area contributed by atoms with Crippen LogP contribution in [0.2, 0.25) is 0 Å². The Morgan fingerprint density at radius 2 is 2.30 bits per heavy atom. The van der Waals surface area contributed by atoms with Crippen LogP contribution in [0.4, 0.5) is 0 Å². The number of likely N-dealkylation sites (tertiary alicyclic amines) is 1. The molecule has 1 aliphatic heterocycles. The summed E-state index contributed by atoms with van der Waals surface area (Å²) in [4.78, 5) is 6.72. The van der Waals surface area contributed by atoms with Gasteiger partial charge < -0.3 is 9.26 Å². The van der Waals surface area contributed by atoms with Crippen molar-refractivity contribution in [3.05, 3.63) is 29.2 Å². The molecule has 3 heterocycles. The second-order valence-corrected chi connectivity index (χ2v) is 6.18. The van der Waals surface area contributed by atoms with Gasteiger partial charge in [-0.15, -0.1) is 0 Å². The van der Waals surface area contributed by atoms with Crippen LogP contribution in [0.1, 0.15) is 42.7 Å². The zero-order valence-electron chi connectivity index (χ0n) is 14.2. The molecule has 0 saturated carbocycles. The molecular formula is C16H25N5O2. The number of hydrogen-bond donors (Lipinski definition) is 0. The van der Waals surface area contributed by atoms with E-state index in [-0.39, 0.29) is 6.10 Å². The quantitative estimate of drug-likeness (QED) is 0.809. The Balaban J connectivity index is 1.50. The lowest BCUT2D eigenvalue weighted by Gasteiger charge is -2.32. The molecule has 1 fully saturated rings. The Bertz CT molecular complexity index is 636. The Morgan fingerprint density at radius 3 is 3.00 bits per heavy atom. The predicted octanol–water partition coefficient (Wildman–Crippen LogP) is 1.86. The number of ether oxygens (including phenoxy) is 1. The van der Waals surface area contributed by atoms with E-state index < -0.39 is 0 Å². The van der Waals surface area contributed by atoms with Gasteiger partial charge in [0.25, 0.3) is 5.89 Å². The van der Waals surface area contributed by atoms with Gasteiger partial charge in [-0.3, -0.25) is 9.58 Å². The summed E-state index contributed by atoms with van der Waals surface area (Å²) >= 11 is 0. The monoisotopic (exact) mass is 319 g/mol. The summed E-state index contributed by atoms with van der Waals surface area (Å²) in [5.74, 6) is 1.31. The Kier molecular flexibility index (Phi) is 5.07. The largest absolute Gasteiger partial charge is 0.367 e. The first-order chi connectivity index (χ1) is 11.1. The lowest BCUT2D eigenvalue weighted by Crippen LogP contribution is -2.39. The Hall–Kier alpha value is -1.73. The van der Waals surface area contributed by atoms with Crippen molar-refractivity contribution in [3.8, 4) is 0 Å². The van der Waals surface area contributed by atoms with Gasteiger partial charge >= 0.3 is 0 Å². The molecule has 1 atom stereocenters. The molecule has 0 radical (unpaired) electrons. The molecule has 0 aliphatic carbocycles. The van der Waals surface area contributed by atoms with Crippen LogP contribution in [0.3, 0.4) is 0 Å². The maximum atomic E-state index is 5.97. The summed E-state index contributed by atoms with van der Waals surface area (Å²) < 4.78 is 13.0. The minimum Gasteiger partial charge on any atom is -0.367 e. The number of aryl methyl sites for hydroxylation is 3. The van der Waals surface area contributed by atoms with Crippen LogP contribution >= 0.6 is 0 Å². The normalized spacial score (nSPS) is 19.3. The fourth-order valence-electron chi connectivity index (χ4n) is 3.02. The van der Waals surface area contributed by atoms with Gasteiger partial charge in [-0.05, 0) is 26.3 Å². The van der Waals surface area contributed by atoms with E-state index in [4.69, 9.17) is 9.26 Å². The molecule has 2 aromatic rings. The summed E-state index contributed by atoms with van der Waals surface area (Å²) in [7, 11) is 1.97. The molecule has 0 N–H and O–H groups in total. The number of piperidine rings is 1. The fourth-order valence-corrected chi connectivity index (χ4v) is 3.02. The van der Waals surface area contributed by atoms with Crippen molar-refractivity contribution in [3.63, 3.8) is 0 Å². The third-order valence-corrected chi connectivity index (χ3v) is 4.24. The molecule has 0 amide bonds. The first-order valence-corrected chi connectivity index (χ1v) is 8.28. The van der Waals surface area contributed by atoms with Gasteiger partial charge in [-0.1, -0.05) is 12.1 Å². The smallest absolute Gasteiger partial charge is 0.252 e. The van der Waals surface area contributed by atoms with Crippen LogP contribution < -0.4 is 0 Å². The first-order valence-electron chi connectivity index (χ1n) is 8.28. The average Bonchev–Trinajstić information content (AvgIpc) is 3.12. The van der Waals surface area contributed by atoms with Crippen molar-refractivity contribution in [2.45, 2.75) is 52.4 Å². The molecule has 0 aromatic carbocycles. The zero-order chi connectivity index (χ0) is 16.2. The van der Waals surface area contributed by atoms with Crippen molar-refractivity contribution < 1.29 is 9.26 Å². The van der Waals surface area contributed by atoms with Crippen molar-refractivity contribution >= 4 is 0 Å². The van der Waals surface area contributed by atoms with Crippen LogP contribution in [-0.4, -0.2) is 44.0 Å². The van der Waals surface area contributed by atoms with Gasteiger partial charge in [-0.2, -0.15) is 10.1 Å². The molecule has 1 saturated heterocycles. The predicted molar refractivity (Wildman–Crippen MR) is 84.7 cm³/mol. The van der Waals surface area contributed by atoms with E-state index in [1.807, 2.05) is 18.7 Å². The van der Waals surface area contributed by atoms with Crippen molar-refractivity contribution in [1.82, 2.24) is 24.8 Å².